The third-order valence-corrected chi connectivity index (χ3v) is 4.71. The average Bonchev–Trinajstić information content (AvgIpc) is 2.37. The van der Waals surface area contributed by atoms with E-state index < -0.39 is 15.7 Å². The Bertz CT molecular complexity index is 792. The summed E-state index contributed by atoms with van der Waals surface area (Å²) in [5, 5.41) is 8.78. The van der Waals surface area contributed by atoms with E-state index >= 15 is 0 Å². The van der Waals surface area contributed by atoms with Crippen LogP contribution < -0.4 is 0 Å². The summed E-state index contributed by atoms with van der Waals surface area (Å²) in [5.74, 6) is -0.941. The van der Waals surface area contributed by atoms with Crippen molar-refractivity contribution in [1.29, 1.82) is 5.26 Å². The lowest BCUT2D eigenvalue weighted by Gasteiger charge is -2.08. The minimum Gasteiger partial charge on any atom is -0.223 e. The van der Waals surface area contributed by atoms with Gasteiger partial charge in [0.1, 0.15) is 5.82 Å². The molecule has 0 amide bonds. The smallest absolute Gasteiger partial charge is 0.182 e. The SMILES string of the molecule is Cc1ccccc1S(=O)(=O)Cc1cc(F)cc(C#N)c1. The highest BCUT2D eigenvalue weighted by Gasteiger charge is 2.18. The van der Waals surface area contributed by atoms with E-state index in [1.807, 2.05) is 6.07 Å². The van der Waals surface area contributed by atoms with Crippen molar-refractivity contribution in [2.45, 2.75) is 17.6 Å². The first-order valence-electron chi connectivity index (χ1n) is 5.90. The Balaban J connectivity index is 2.42. The molecular weight excluding hydrogens is 277 g/mol. The highest BCUT2D eigenvalue weighted by molar-refractivity contribution is 7.90. The zero-order chi connectivity index (χ0) is 14.8. The van der Waals surface area contributed by atoms with Gasteiger partial charge in [0.2, 0.25) is 0 Å². The van der Waals surface area contributed by atoms with Gasteiger partial charge in [0.15, 0.2) is 9.84 Å². The average molecular weight is 289 g/mol. The minimum absolute atomic E-state index is 0.111. The second-order valence-corrected chi connectivity index (χ2v) is 6.44. The Hall–Kier alpha value is -2.19. The van der Waals surface area contributed by atoms with Crippen molar-refractivity contribution in [2.75, 3.05) is 0 Å². The van der Waals surface area contributed by atoms with E-state index in [2.05, 4.69) is 0 Å². The van der Waals surface area contributed by atoms with Gasteiger partial charge in [0.05, 0.1) is 22.3 Å². The molecule has 0 N–H and O–H groups in total. The molecule has 0 aliphatic heterocycles. The number of nitrogens with zero attached hydrogens (tertiary/aromatic N) is 1. The number of nitriles is 1. The summed E-state index contributed by atoms with van der Waals surface area (Å²) in [4.78, 5) is 0.225. The van der Waals surface area contributed by atoms with Crippen LogP contribution in [-0.2, 0) is 15.6 Å². The molecule has 0 aliphatic rings. The number of rotatable bonds is 3. The van der Waals surface area contributed by atoms with Gasteiger partial charge in [-0.2, -0.15) is 5.26 Å². The highest BCUT2D eigenvalue weighted by atomic mass is 32.2. The number of sulfone groups is 1. The van der Waals surface area contributed by atoms with Crippen LogP contribution in [0.4, 0.5) is 4.39 Å². The lowest BCUT2D eigenvalue weighted by atomic mass is 10.1. The molecule has 2 aromatic rings. The summed E-state index contributed by atoms with van der Waals surface area (Å²) in [6, 6.07) is 12.0. The molecule has 0 atom stereocenters. The molecule has 2 aromatic carbocycles. The maximum Gasteiger partial charge on any atom is 0.182 e. The van der Waals surface area contributed by atoms with Gasteiger partial charge in [-0.3, -0.25) is 0 Å². The molecule has 20 heavy (non-hydrogen) atoms. The van der Waals surface area contributed by atoms with Crippen LogP contribution in [0.2, 0.25) is 0 Å². The second-order valence-electron chi connectivity index (χ2n) is 4.48. The monoisotopic (exact) mass is 289 g/mol. The summed E-state index contributed by atoms with van der Waals surface area (Å²) >= 11 is 0. The van der Waals surface area contributed by atoms with Crippen LogP contribution in [0, 0.1) is 24.1 Å². The van der Waals surface area contributed by atoms with E-state index in [-0.39, 0.29) is 21.8 Å². The zero-order valence-corrected chi connectivity index (χ0v) is 11.6. The molecule has 3 nitrogen and oxygen atoms in total. The summed E-state index contributed by atoms with van der Waals surface area (Å²) in [6.07, 6.45) is 0. The first kappa shape index (κ1) is 14.2. The normalized spacial score (nSPS) is 11.1. The van der Waals surface area contributed by atoms with Crippen molar-refractivity contribution in [3.8, 4) is 6.07 Å². The maximum absolute atomic E-state index is 13.3. The van der Waals surface area contributed by atoms with Gasteiger partial charge in [0.25, 0.3) is 0 Å². The van der Waals surface area contributed by atoms with Gasteiger partial charge in [-0.25, -0.2) is 12.8 Å². The van der Waals surface area contributed by atoms with E-state index in [4.69, 9.17) is 5.26 Å². The van der Waals surface area contributed by atoms with Gasteiger partial charge in [-0.15, -0.1) is 0 Å². The summed E-state index contributed by atoms with van der Waals surface area (Å²) in [7, 11) is -3.56. The summed E-state index contributed by atoms with van der Waals surface area (Å²) in [5.41, 5.74) is 1.02. The minimum atomic E-state index is -3.56. The maximum atomic E-state index is 13.3. The molecule has 0 unspecified atom stereocenters. The molecular formula is C15H12FNO2S. The molecule has 0 saturated carbocycles. The standard InChI is InChI=1S/C15H12FNO2S/c1-11-4-2-3-5-15(11)20(18,19)10-13-6-12(9-17)7-14(16)8-13/h2-8H,10H2,1H3. The lowest BCUT2D eigenvalue weighted by molar-refractivity contribution is 0.594. The Morgan fingerprint density at radius 2 is 1.90 bits per heavy atom. The van der Waals surface area contributed by atoms with Crippen LogP contribution in [0.1, 0.15) is 16.7 Å². The molecule has 0 saturated heterocycles. The zero-order valence-electron chi connectivity index (χ0n) is 10.8. The fourth-order valence-electron chi connectivity index (χ4n) is 2.00. The van der Waals surface area contributed by atoms with Crippen LogP contribution in [0.25, 0.3) is 0 Å². The van der Waals surface area contributed by atoms with Gasteiger partial charge < -0.3 is 0 Å². The highest BCUT2D eigenvalue weighted by Crippen LogP contribution is 2.21. The van der Waals surface area contributed by atoms with E-state index in [0.717, 1.165) is 12.1 Å². The number of halogens is 1. The van der Waals surface area contributed by atoms with Crippen molar-refractivity contribution >= 4 is 9.84 Å². The fraction of sp³-hybridized carbons (Fsp3) is 0.133. The Labute approximate surface area is 117 Å². The largest absolute Gasteiger partial charge is 0.223 e. The predicted molar refractivity (Wildman–Crippen MR) is 73.2 cm³/mol. The molecule has 102 valence electrons. The molecule has 0 aliphatic carbocycles. The summed E-state index contributed by atoms with van der Waals surface area (Å²) < 4.78 is 38.0. The summed E-state index contributed by atoms with van der Waals surface area (Å²) in [6.45, 7) is 1.71. The van der Waals surface area contributed by atoms with Gasteiger partial charge in [-0.1, -0.05) is 18.2 Å². The van der Waals surface area contributed by atoms with Gasteiger partial charge in [-0.05, 0) is 42.3 Å². The molecule has 0 fully saturated rings. The molecule has 2 rings (SSSR count). The Morgan fingerprint density at radius 3 is 2.55 bits per heavy atom. The van der Waals surface area contributed by atoms with Crippen LogP contribution >= 0.6 is 0 Å². The third-order valence-electron chi connectivity index (χ3n) is 2.87. The third kappa shape index (κ3) is 3.03. The molecule has 0 radical (unpaired) electrons. The van der Waals surface area contributed by atoms with Crippen molar-refractivity contribution in [3.05, 3.63) is 65.0 Å². The van der Waals surface area contributed by atoms with Crippen molar-refractivity contribution in [3.63, 3.8) is 0 Å². The lowest BCUT2D eigenvalue weighted by Crippen LogP contribution is -2.07. The van der Waals surface area contributed by atoms with Crippen molar-refractivity contribution in [2.24, 2.45) is 0 Å². The van der Waals surface area contributed by atoms with E-state index in [9.17, 15) is 12.8 Å². The van der Waals surface area contributed by atoms with Crippen LogP contribution in [-0.4, -0.2) is 8.42 Å². The second kappa shape index (κ2) is 5.43. The van der Waals surface area contributed by atoms with Crippen LogP contribution in [0.5, 0.6) is 0 Å². The van der Waals surface area contributed by atoms with E-state index in [1.165, 1.54) is 12.1 Å². The first-order chi connectivity index (χ1) is 9.42. The number of benzene rings is 2. The van der Waals surface area contributed by atoms with Crippen molar-refractivity contribution in [1.82, 2.24) is 0 Å². The van der Waals surface area contributed by atoms with Crippen molar-refractivity contribution < 1.29 is 12.8 Å². The van der Waals surface area contributed by atoms with Crippen LogP contribution in [0.15, 0.2) is 47.4 Å². The number of hydrogen-bond acceptors (Lipinski definition) is 3. The molecule has 0 bridgehead atoms. The van der Waals surface area contributed by atoms with Gasteiger partial charge >= 0.3 is 0 Å². The molecule has 0 spiro atoms. The number of hydrogen-bond donors (Lipinski definition) is 0. The fourth-order valence-corrected chi connectivity index (χ4v) is 3.61. The van der Waals surface area contributed by atoms with E-state index in [0.29, 0.717) is 5.56 Å². The van der Waals surface area contributed by atoms with E-state index in [1.54, 1.807) is 25.1 Å². The Morgan fingerprint density at radius 1 is 1.20 bits per heavy atom. The van der Waals surface area contributed by atoms with Gasteiger partial charge in [0, 0.05) is 0 Å². The quantitative estimate of drug-likeness (QED) is 0.872. The first-order valence-corrected chi connectivity index (χ1v) is 7.55. The molecule has 5 heteroatoms. The van der Waals surface area contributed by atoms with Crippen LogP contribution in [0.3, 0.4) is 0 Å². The predicted octanol–water partition coefficient (Wildman–Crippen LogP) is 2.98. The topological polar surface area (TPSA) is 57.9 Å². The molecule has 0 aromatic heterocycles. The number of aryl methyl sites for hydroxylation is 1. The molecule has 0 heterocycles. The Kier molecular flexibility index (Phi) is 3.86.